The average Bonchev–Trinajstić information content (AvgIpc) is 3.28. The van der Waals surface area contributed by atoms with E-state index in [0.717, 1.165) is 17.3 Å². The number of unbranched alkanes of at least 4 members (excludes halogenated alkanes) is 7. The molecule has 152 valence electrons. The molecule has 0 aliphatic rings. The van der Waals surface area contributed by atoms with Gasteiger partial charge >= 0.3 is 0 Å². The van der Waals surface area contributed by atoms with Crippen LogP contribution in [0.25, 0.3) is 29.6 Å². The number of alkyl halides is 1. The van der Waals surface area contributed by atoms with E-state index in [1.54, 1.807) is 0 Å². The standard InChI is InChI=1S/C25H27BrOS2/c26-16-10-6-4-2-1-3-5-7-12-21(27)18-14-15-20-23(17-18)29-24-19-11-8-9-13-22(19)28-25(20)24/h8-9,11,13-15,17H,1-7,10,12,16H2. The van der Waals surface area contributed by atoms with Gasteiger partial charge in [-0.05, 0) is 25.0 Å². The van der Waals surface area contributed by atoms with E-state index in [1.165, 1.54) is 74.5 Å². The maximum absolute atomic E-state index is 12.7. The molecule has 0 bridgehead atoms. The van der Waals surface area contributed by atoms with Gasteiger partial charge in [-0.3, -0.25) is 4.79 Å². The zero-order valence-electron chi connectivity index (χ0n) is 16.7. The van der Waals surface area contributed by atoms with Crippen molar-refractivity contribution in [2.24, 2.45) is 0 Å². The van der Waals surface area contributed by atoms with Gasteiger partial charge in [0.25, 0.3) is 0 Å². The maximum Gasteiger partial charge on any atom is 0.162 e. The molecule has 1 nitrogen and oxygen atoms in total. The van der Waals surface area contributed by atoms with Gasteiger partial charge in [0.15, 0.2) is 5.78 Å². The molecule has 29 heavy (non-hydrogen) atoms. The fourth-order valence-corrected chi connectivity index (χ4v) is 7.05. The van der Waals surface area contributed by atoms with Crippen molar-refractivity contribution in [3.63, 3.8) is 0 Å². The lowest BCUT2D eigenvalue weighted by Gasteiger charge is -2.03. The van der Waals surface area contributed by atoms with Gasteiger partial charge < -0.3 is 0 Å². The molecule has 0 amide bonds. The summed E-state index contributed by atoms with van der Waals surface area (Å²) >= 11 is 7.17. The van der Waals surface area contributed by atoms with E-state index in [0.29, 0.717) is 12.2 Å². The summed E-state index contributed by atoms with van der Waals surface area (Å²) in [6.45, 7) is 0. The molecule has 4 aromatic rings. The minimum atomic E-state index is 0.297. The predicted octanol–water partition coefficient (Wildman–Crippen LogP) is 9.36. The molecular weight excluding hydrogens is 460 g/mol. The fraction of sp³-hybridized carbons (Fsp3) is 0.400. The van der Waals surface area contributed by atoms with Crippen molar-refractivity contribution < 1.29 is 4.79 Å². The van der Waals surface area contributed by atoms with Crippen molar-refractivity contribution in [2.45, 2.75) is 57.8 Å². The third-order valence-electron chi connectivity index (χ3n) is 5.60. The average molecular weight is 488 g/mol. The minimum Gasteiger partial charge on any atom is -0.294 e. The van der Waals surface area contributed by atoms with Crippen LogP contribution >= 0.6 is 38.6 Å². The summed E-state index contributed by atoms with van der Waals surface area (Å²) in [5.41, 5.74) is 0.880. The van der Waals surface area contributed by atoms with Crippen molar-refractivity contribution in [3.05, 3.63) is 48.0 Å². The quantitative estimate of drug-likeness (QED) is 0.117. The van der Waals surface area contributed by atoms with Crippen LogP contribution in [-0.2, 0) is 0 Å². The van der Waals surface area contributed by atoms with E-state index >= 15 is 0 Å². The molecule has 0 atom stereocenters. The van der Waals surface area contributed by atoms with Crippen LogP contribution in [0.5, 0.6) is 0 Å². The van der Waals surface area contributed by atoms with E-state index in [-0.39, 0.29) is 0 Å². The molecule has 2 aromatic heterocycles. The van der Waals surface area contributed by atoms with E-state index in [4.69, 9.17) is 0 Å². The number of benzene rings is 2. The van der Waals surface area contributed by atoms with Gasteiger partial charge in [-0.25, -0.2) is 0 Å². The molecule has 2 aromatic carbocycles. The summed E-state index contributed by atoms with van der Waals surface area (Å²) in [7, 11) is 0. The van der Waals surface area contributed by atoms with Crippen LogP contribution < -0.4 is 0 Å². The van der Waals surface area contributed by atoms with Gasteiger partial charge in [-0.15, -0.1) is 22.7 Å². The van der Waals surface area contributed by atoms with E-state index in [9.17, 15) is 4.79 Å². The van der Waals surface area contributed by atoms with Crippen LogP contribution in [0.2, 0.25) is 0 Å². The molecule has 0 aliphatic heterocycles. The van der Waals surface area contributed by atoms with E-state index < -0.39 is 0 Å². The zero-order chi connectivity index (χ0) is 20.1. The van der Waals surface area contributed by atoms with Crippen LogP contribution in [0, 0.1) is 0 Å². The summed E-state index contributed by atoms with van der Waals surface area (Å²) in [5, 5.41) is 3.76. The molecule has 0 unspecified atom stereocenters. The van der Waals surface area contributed by atoms with E-state index in [1.807, 2.05) is 28.7 Å². The lowest BCUT2D eigenvalue weighted by molar-refractivity contribution is 0.0979. The Hall–Kier alpha value is -1.23. The molecular formula is C25H27BrOS2. The second-order valence-electron chi connectivity index (χ2n) is 7.76. The van der Waals surface area contributed by atoms with Gasteiger partial charge in [-0.2, -0.15) is 0 Å². The predicted molar refractivity (Wildman–Crippen MR) is 134 cm³/mol. The summed E-state index contributed by atoms with van der Waals surface area (Å²) in [5.74, 6) is 0.297. The van der Waals surface area contributed by atoms with Crippen LogP contribution in [0.4, 0.5) is 0 Å². The highest BCUT2D eigenvalue weighted by molar-refractivity contribution is 9.09. The van der Waals surface area contributed by atoms with Crippen molar-refractivity contribution in [1.82, 2.24) is 0 Å². The molecule has 0 saturated heterocycles. The topological polar surface area (TPSA) is 17.1 Å². The number of carbonyl (C=O) groups is 1. The fourth-order valence-electron chi connectivity index (χ4n) is 3.96. The Bertz CT molecular complexity index is 1110. The van der Waals surface area contributed by atoms with Gasteiger partial charge in [0.2, 0.25) is 0 Å². The molecule has 0 saturated carbocycles. The lowest BCUT2D eigenvalue weighted by atomic mass is 10.0. The van der Waals surface area contributed by atoms with Crippen molar-refractivity contribution >= 4 is 74.0 Å². The summed E-state index contributed by atoms with van der Waals surface area (Å²) in [6.07, 6.45) is 10.7. The molecule has 0 N–H and O–H groups in total. The van der Waals surface area contributed by atoms with Crippen LogP contribution in [0.15, 0.2) is 42.5 Å². The first kappa shape index (κ1) is 21.0. The number of hydrogen-bond acceptors (Lipinski definition) is 3. The van der Waals surface area contributed by atoms with Crippen molar-refractivity contribution in [1.29, 1.82) is 0 Å². The van der Waals surface area contributed by atoms with Gasteiger partial charge in [0.05, 0.1) is 9.40 Å². The Morgan fingerprint density at radius 3 is 2.10 bits per heavy atom. The lowest BCUT2D eigenvalue weighted by Crippen LogP contribution is -1.98. The number of thiophene rings is 2. The smallest absolute Gasteiger partial charge is 0.162 e. The molecule has 4 heteroatoms. The second kappa shape index (κ2) is 10.2. The molecule has 2 heterocycles. The van der Waals surface area contributed by atoms with Crippen LogP contribution in [-0.4, -0.2) is 11.1 Å². The number of rotatable bonds is 11. The first-order valence-corrected chi connectivity index (χ1v) is 13.5. The number of carbonyl (C=O) groups excluding carboxylic acids is 1. The summed E-state index contributed by atoms with van der Waals surface area (Å²) in [6, 6.07) is 14.9. The zero-order valence-corrected chi connectivity index (χ0v) is 19.9. The number of halogens is 1. The van der Waals surface area contributed by atoms with E-state index in [2.05, 4.69) is 52.3 Å². The monoisotopic (exact) mass is 486 g/mol. The summed E-state index contributed by atoms with van der Waals surface area (Å²) in [4.78, 5) is 12.7. The second-order valence-corrected chi connectivity index (χ2v) is 10.7. The third kappa shape index (κ3) is 4.92. The number of hydrogen-bond donors (Lipinski definition) is 0. The Morgan fingerprint density at radius 2 is 1.34 bits per heavy atom. The minimum absolute atomic E-state index is 0.297. The van der Waals surface area contributed by atoms with Crippen LogP contribution in [0.1, 0.15) is 68.1 Å². The maximum atomic E-state index is 12.7. The Labute approximate surface area is 189 Å². The summed E-state index contributed by atoms with van der Waals surface area (Å²) < 4.78 is 5.31. The number of Topliss-reactive ketones (excluding diaryl/α,β-unsaturated/α-hetero) is 1. The molecule has 0 fully saturated rings. The third-order valence-corrected chi connectivity index (χ3v) is 8.68. The van der Waals surface area contributed by atoms with Crippen molar-refractivity contribution in [2.75, 3.05) is 5.33 Å². The molecule has 0 radical (unpaired) electrons. The Balaban J connectivity index is 1.33. The first-order valence-electron chi connectivity index (χ1n) is 10.7. The Morgan fingerprint density at radius 1 is 0.724 bits per heavy atom. The highest BCUT2D eigenvalue weighted by Gasteiger charge is 2.13. The number of fused-ring (bicyclic) bond motifs is 5. The van der Waals surface area contributed by atoms with Gasteiger partial charge in [-0.1, -0.05) is 84.8 Å². The van der Waals surface area contributed by atoms with Crippen LogP contribution in [0.3, 0.4) is 0 Å². The van der Waals surface area contributed by atoms with Gasteiger partial charge in [0.1, 0.15) is 0 Å². The SMILES string of the molecule is O=C(CCCCCCCCCCBr)c1ccc2c(c1)sc1c3ccccc3sc21. The normalized spacial score (nSPS) is 11.8. The highest BCUT2D eigenvalue weighted by atomic mass is 79.9. The van der Waals surface area contributed by atoms with Crippen molar-refractivity contribution in [3.8, 4) is 0 Å². The Kier molecular flexibility index (Phi) is 7.39. The largest absolute Gasteiger partial charge is 0.294 e. The molecule has 0 spiro atoms. The van der Waals surface area contributed by atoms with Gasteiger partial charge in [0, 0.05) is 37.5 Å². The molecule has 4 rings (SSSR count). The molecule has 0 aliphatic carbocycles. The number of ketones is 1. The first-order chi connectivity index (χ1) is 14.3. The highest BCUT2D eigenvalue weighted by Crippen LogP contribution is 2.44.